The second kappa shape index (κ2) is 10.8. The highest BCUT2D eigenvalue weighted by atomic mass is 32.2. The molecule has 0 heterocycles. The highest BCUT2D eigenvalue weighted by molar-refractivity contribution is 7.92. The van der Waals surface area contributed by atoms with Gasteiger partial charge < -0.3 is 14.8 Å². The summed E-state index contributed by atoms with van der Waals surface area (Å²) in [5.74, 6) is -0.0235. The Labute approximate surface area is 192 Å². The van der Waals surface area contributed by atoms with E-state index in [-0.39, 0.29) is 16.3 Å². The molecule has 0 aliphatic carbocycles. The SMILES string of the molecule is COc1ccc(CCNC(=O)CN(c2ccccc2OC)S(=O)(=O)c2ccc(F)cc2)cc1. The summed E-state index contributed by atoms with van der Waals surface area (Å²) in [7, 11) is -1.17. The Hall–Kier alpha value is -3.59. The highest BCUT2D eigenvalue weighted by Gasteiger charge is 2.29. The molecule has 1 amide bonds. The molecule has 0 spiro atoms. The second-order valence-electron chi connectivity index (χ2n) is 7.09. The fourth-order valence-electron chi connectivity index (χ4n) is 3.19. The Morgan fingerprint density at radius 3 is 2.24 bits per heavy atom. The van der Waals surface area contributed by atoms with Crippen molar-refractivity contribution in [1.29, 1.82) is 0 Å². The van der Waals surface area contributed by atoms with Crippen molar-refractivity contribution in [2.45, 2.75) is 11.3 Å². The average Bonchev–Trinajstić information content (AvgIpc) is 2.83. The predicted octanol–water partition coefficient (Wildman–Crippen LogP) is 3.40. The maximum absolute atomic E-state index is 13.4. The molecule has 0 aliphatic rings. The number of methoxy groups -OCH3 is 2. The topological polar surface area (TPSA) is 84.9 Å². The number of amides is 1. The van der Waals surface area contributed by atoms with Gasteiger partial charge in [-0.3, -0.25) is 9.10 Å². The lowest BCUT2D eigenvalue weighted by molar-refractivity contribution is -0.119. The first-order chi connectivity index (χ1) is 15.8. The molecule has 174 valence electrons. The molecular formula is C24H25FN2O5S. The minimum Gasteiger partial charge on any atom is -0.497 e. The van der Waals surface area contributed by atoms with Crippen molar-refractivity contribution < 1.29 is 27.1 Å². The van der Waals surface area contributed by atoms with Crippen LogP contribution in [0.1, 0.15) is 5.56 Å². The smallest absolute Gasteiger partial charge is 0.264 e. The number of sulfonamides is 1. The molecule has 0 aromatic heterocycles. The molecule has 3 aromatic carbocycles. The standard InChI is InChI=1S/C24H25FN2O5S/c1-31-20-11-7-18(8-12-20)15-16-26-24(28)17-27(22-5-3-4-6-23(22)32-2)33(29,30)21-13-9-19(25)10-14-21/h3-14H,15-17H2,1-2H3,(H,26,28). The van der Waals surface area contributed by atoms with Crippen LogP contribution in [0.5, 0.6) is 11.5 Å². The van der Waals surface area contributed by atoms with Gasteiger partial charge in [-0.2, -0.15) is 0 Å². The number of nitrogens with one attached hydrogen (secondary N) is 1. The van der Waals surface area contributed by atoms with Gasteiger partial charge >= 0.3 is 0 Å². The summed E-state index contributed by atoms with van der Waals surface area (Å²) in [5.41, 5.74) is 1.20. The van der Waals surface area contributed by atoms with Crippen LogP contribution in [-0.4, -0.2) is 41.6 Å². The molecule has 0 unspecified atom stereocenters. The minimum atomic E-state index is -4.17. The molecule has 0 atom stereocenters. The Kier molecular flexibility index (Phi) is 7.89. The van der Waals surface area contributed by atoms with E-state index in [0.717, 1.165) is 39.9 Å². The first-order valence-electron chi connectivity index (χ1n) is 10.2. The summed E-state index contributed by atoms with van der Waals surface area (Å²) in [6, 6.07) is 18.4. The Morgan fingerprint density at radius 2 is 1.61 bits per heavy atom. The summed E-state index contributed by atoms with van der Waals surface area (Å²) < 4.78 is 51.5. The number of nitrogens with zero attached hydrogens (tertiary/aromatic N) is 1. The van der Waals surface area contributed by atoms with E-state index in [2.05, 4.69) is 5.32 Å². The van der Waals surface area contributed by atoms with Crippen LogP contribution in [0.2, 0.25) is 0 Å². The fraction of sp³-hybridized carbons (Fsp3) is 0.208. The van der Waals surface area contributed by atoms with Crippen LogP contribution >= 0.6 is 0 Å². The summed E-state index contributed by atoms with van der Waals surface area (Å²) >= 11 is 0. The zero-order valence-electron chi connectivity index (χ0n) is 18.3. The second-order valence-corrected chi connectivity index (χ2v) is 8.95. The number of halogens is 1. The first-order valence-corrected chi connectivity index (χ1v) is 11.6. The number of hydrogen-bond donors (Lipinski definition) is 1. The molecule has 0 saturated carbocycles. The molecule has 33 heavy (non-hydrogen) atoms. The third-order valence-electron chi connectivity index (χ3n) is 4.94. The molecule has 0 saturated heterocycles. The van der Waals surface area contributed by atoms with Gasteiger partial charge in [-0.25, -0.2) is 12.8 Å². The molecule has 0 bridgehead atoms. The van der Waals surface area contributed by atoms with Crippen molar-refractivity contribution in [3.8, 4) is 11.5 Å². The third kappa shape index (κ3) is 6.01. The molecule has 0 fully saturated rings. The normalized spacial score (nSPS) is 11.0. The van der Waals surface area contributed by atoms with Crippen molar-refractivity contribution >= 4 is 21.6 Å². The van der Waals surface area contributed by atoms with E-state index in [1.807, 2.05) is 24.3 Å². The van der Waals surface area contributed by atoms with Gasteiger partial charge in [0.15, 0.2) is 0 Å². The summed E-state index contributed by atoms with van der Waals surface area (Å²) in [5, 5.41) is 2.75. The van der Waals surface area contributed by atoms with E-state index in [0.29, 0.717) is 13.0 Å². The van der Waals surface area contributed by atoms with Crippen LogP contribution in [0, 0.1) is 5.82 Å². The fourth-order valence-corrected chi connectivity index (χ4v) is 4.63. The summed E-state index contributed by atoms with van der Waals surface area (Å²) in [6.07, 6.45) is 0.565. The third-order valence-corrected chi connectivity index (χ3v) is 6.71. The van der Waals surface area contributed by atoms with Gasteiger partial charge in [-0.15, -0.1) is 0 Å². The number of rotatable bonds is 10. The van der Waals surface area contributed by atoms with Gasteiger partial charge in [0.1, 0.15) is 23.9 Å². The number of carbonyl (C=O) groups excluding carboxylic acids is 1. The van der Waals surface area contributed by atoms with E-state index < -0.39 is 28.3 Å². The molecular weight excluding hydrogens is 447 g/mol. The van der Waals surface area contributed by atoms with Gasteiger partial charge in [0.05, 0.1) is 24.8 Å². The molecule has 0 radical (unpaired) electrons. The average molecular weight is 473 g/mol. The quantitative estimate of drug-likeness (QED) is 0.489. The van der Waals surface area contributed by atoms with Gasteiger partial charge in [0, 0.05) is 6.54 Å². The van der Waals surface area contributed by atoms with Crippen LogP contribution < -0.4 is 19.1 Å². The minimum absolute atomic E-state index is 0.138. The lowest BCUT2D eigenvalue weighted by atomic mass is 10.1. The van der Waals surface area contributed by atoms with Gasteiger partial charge in [-0.05, 0) is 60.5 Å². The number of hydrogen-bond acceptors (Lipinski definition) is 5. The lowest BCUT2D eigenvalue weighted by Crippen LogP contribution is -2.41. The van der Waals surface area contributed by atoms with Crippen LogP contribution in [0.25, 0.3) is 0 Å². The zero-order valence-corrected chi connectivity index (χ0v) is 19.1. The predicted molar refractivity (Wildman–Crippen MR) is 124 cm³/mol. The molecule has 3 rings (SSSR count). The van der Waals surface area contributed by atoms with E-state index in [1.54, 1.807) is 31.4 Å². The molecule has 3 aromatic rings. The largest absolute Gasteiger partial charge is 0.497 e. The number of anilines is 1. The Morgan fingerprint density at radius 1 is 0.939 bits per heavy atom. The number of carbonyl (C=O) groups is 1. The van der Waals surface area contributed by atoms with Gasteiger partial charge in [0.2, 0.25) is 5.91 Å². The van der Waals surface area contributed by atoms with Crippen molar-refractivity contribution in [3.63, 3.8) is 0 Å². The van der Waals surface area contributed by atoms with Crippen LogP contribution in [0.3, 0.4) is 0 Å². The number of ether oxygens (including phenoxy) is 2. The highest BCUT2D eigenvalue weighted by Crippen LogP contribution is 2.32. The maximum Gasteiger partial charge on any atom is 0.264 e. The van der Waals surface area contributed by atoms with E-state index in [9.17, 15) is 17.6 Å². The van der Waals surface area contributed by atoms with E-state index in [4.69, 9.17) is 9.47 Å². The maximum atomic E-state index is 13.4. The molecule has 7 nitrogen and oxygen atoms in total. The Bertz CT molecular complexity index is 1180. The van der Waals surface area contributed by atoms with Gasteiger partial charge in [0.25, 0.3) is 10.0 Å². The van der Waals surface area contributed by atoms with Crippen molar-refractivity contribution in [3.05, 3.63) is 84.2 Å². The number of benzene rings is 3. The molecule has 0 aliphatic heterocycles. The van der Waals surface area contributed by atoms with Crippen molar-refractivity contribution in [2.24, 2.45) is 0 Å². The monoisotopic (exact) mass is 472 g/mol. The van der Waals surface area contributed by atoms with Crippen LogP contribution in [0.4, 0.5) is 10.1 Å². The van der Waals surface area contributed by atoms with Crippen molar-refractivity contribution in [1.82, 2.24) is 5.32 Å². The van der Waals surface area contributed by atoms with E-state index in [1.165, 1.54) is 7.11 Å². The van der Waals surface area contributed by atoms with Crippen molar-refractivity contribution in [2.75, 3.05) is 31.6 Å². The lowest BCUT2D eigenvalue weighted by Gasteiger charge is -2.25. The molecule has 9 heteroatoms. The van der Waals surface area contributed by atoms with E-state index >= 15 is 0 Å². The summed E-state index contributed by atoms with van der Waals surface area (Å²) in [6.45, 7) is -0.149. The van der Waals surface area contributed by atoms with Gasteiger partial charge in [-0.1, -0.05) is 24.3 Å². The Balaban J connectivity index is 1.79. The van der Waals surface area contributed by atoms with Crippen LogP contribution in [0.15, 0.2) is 77.7 Å². The molecule has 1 N–H and O–H groups in total. The number of para-hydroxylation sites is 2. The zero-order chi connectivity index (χ0) is 23.8. The summed E-state index contributed by atoms with van der Waals surface area (Å²) in [4.78, 5) is 12.6. The first kappa shape index (κ1) is 24.1. The van der Waals surface area contributed by atoms with Crippen LogP contribution in [-0.2, 0) is 21.2 Å².